The van der Waals surface area contributed by atoms with Gasteiger partial charge in [-0.15, -0.1) is 0 Å². The number of amides is 1. The van der Waals surface area contributed by atoms with Gasteiger partial charge in [-0.05, 0) is 33.7 Å². The molecule has 0 saturated heterocycles. The third-order valence-electron chi connectivity index (χ3n) is 3.23. The SMILES string of the molecule is CNC(C)(C)c1cncn1CC(=O)NC1CC1. The molecule has 1 aliphatic carbocycles. The Morgan fingerprint density at radius 3 is 2.88 bits per heavy atom. The van der Waals surface area contributed by atoms with Crippen LogP contribution in [0.2, 0.25) is 0 Å². The standard InChI is InChI=1S/C12H20N4O/c1-12(2,13-3)10-6-14-8-16(10)7-11(17)15-9-4-5-9/h6,8-9,13H,4-5,7H2,1-3H3,(H,15,17). The molecule has 17 heavy (non-hydrogen) atoms. The van der Waals surface area contributed by atoms with Crippen LogP contribution in [-0.2, 0) is 16.9 Å². The maximum Gasteiger partial charge on any atom is 0.240 e. The van der Waals surface area contributed by atoms with Crippen LogP contribution >= 0.6 is 0 Å². The van der Waals surface area contributed by atoms with E-state index in [9.17, 15) is 4.79 Å². The number of imidazole rings is 1. The normalized spacial score (nSPS) is 15.9. The minimum absolute atomic E-state index is 0.0682. The number of nitrogens with zero attached hydrogens (tertiary/aromatic N) is 2. The van der Waals surface area contributed by atoms with Crippen LogP contribution in [0.4, 0.5) is 0 Å². The lowest BCUT2D eigenvalue weighted by Crippen LogP contribution is -2.37. The molecule has 1 heterocycles. The molecule has 94 valence electrons. The van der Waals surface area contributed by atoms with Gasteiger partial charge in [0, 0.05) is 6.04 Å². The van der Waals surface area contributed by atoms with Crippen LogP contribution in [0.1, 0.15) is 32.4 Å². The summed E-state index contributed by atoms with van der Waals surface area (Å²) in [4.78, 5) is 15.9. The van der Waals surface area contributed by atoms with Gasteiger partial charge in [-0.3, -0.25) is 4.79 Å². The molecule has 1 fully saturated rings. The van der Waals surface area contributed by atoms with Crippen molar-refractivity contribution in [1.29, 1.82) is 0 Å². The molecule has 0 aromatic carbocycles. The van der Waals surface area contributed by atoms with Crippen LogP contribution < -0.4 is 10.6 Å². The smallest absolute Gasteiger partial charge is 0.240 e. The quantitative estimate of drug-likeness (QED) is 0.788. The second-order valence-electron chi connectivity index (χ2n) is 5.12. The van der Waals surface area contributed by atoms with Crippen molar-refractivity contribution >= 4 is 5.91 Å². The average molecular weight is 236 g/mol. The summed E-state index contributed by atoms with van der Waals surface area (Å²) in [7, 11) is 1.90. The summed E-state index contributed by atoms with van der Waals surface area (Å²) >= 11 is 0. The number of nitrogens with one attached hydrogen (secondary N) is 2. The fourth-order valence-corrected chi connectivity index (χ4v) is 1.75. The molecule has 0 unspecified atom stereocenters. The zero-order valence-electron chi connectivity index (χ0n) is 10.7. The van der Waals surface area contributed by atoms with Crippen molar-refractivity contribution in [2.75, 3.05) is 7.05 Å². The largest absolute Gasteiger partial charge is 0.352 e. The zero-order chi connectivity index (χ0) is 12.5. The van der Waals surface area contributed by atoms with Gasteiger partial charge in [0.2, 0.25) is 5.91 Å². The first-order valence-electron chi connectivity index (χ1n) is 6.02. The Bertz CT molecular complexity index is 406. The van der Waals surface area contributed by atoms with E-state index in [0.29, 0.717) is 12.6 Å². The van der Waals surface area contributed by atoms with Crippen molar-refractivity contribution in [3.05, 3.63) is 18.2 Å². The second kappa shape index (κ2) is 4.49. The molecule has 5 heteroatoms. The maximum absolute atomic E-state index is 11.7. The summed E-state index contributed by atoms with van der Waals surface area (Å²) in [6.07, 6.45) is 5.75. The Morgan fingerprint density at radius 2 is 2.29 bits per heavy atom. The van der Waals surface area contributed by atoms with E-state index in [1.807, 2.05) is 11.6 Å². The first kappa shape index (κ1) is 12.1. The maximum atomic E-state index is 11.7. The Kier molecular flexibility index (Phi) is 3.19. The lowest BCUT2D eigenvalue weighted by Gasteiger charge is -2.25. The molecule has 0 spiro atoms. The summed E-state index contributed by atoms with van der Waals surface area (Å²) in [6, 6.07) is 0.409. The van der Waals surface area contributed by atoms with E-state index in [1.165, 1.54) is 0 Å². The summed E-state index contributed by atoms with van der Waals surface area (Å²) in [5, 5.41) is 6.20. The van der Waals surface area contributed by atoms with Crippen LogP contribution in [0.15, 0.2) is 12.5 Å². The summed E-state index contributed by atoms with van der Waals surface area (Å²) in [5.74, 6) is 0.0682. The molecule has 2 rings (SSSR count). The Balaban J connectivity index is 2.05. The molecule has 1 amide bonds. The van der Waals surface area contributed by atoms with E-state index >= 15 is 0 Å². The molecule has 5 nitrogen and oxygen atoms in total. The summed E-state index contributed by atoms with van der Waals surface area (Å²) in [6.45, 7) is 4.48. The minimum Gasteiger partial charge on any atom is -0.352 e. The lowest BCUT2D eigenvalue weighted by atomic mass is 10.0. The van der Waals surface area contributed by atoms with Crippen LogP contribution in [0.5, 0.6) is 0 Å². The molecule has 1 saturated carbocycles. The minimum atomic E-state index is -0.184. The predicted octanol–water partition coefficient (Wildman–Crippen LogP) is 0.616. The van der Waals surface area contributed by atoms with Crippen LogP contribution in [0, 0.1) is 0 Å². The van der Waals surface area contributed by atoms with Crippen molar-refractivity contribution in [2.45, 2.75) is 44.8 Å². The fraction of sp³-hybridized carbons (Fsp3) is 0.667. The molecule has 0 atom stereocenters. The van der Waals surface area contributed by atoms with Gasteiger partial charge in [0.1, 0.15) is 6.54 Å². The number of carbonyl (C=O) groups excluding carboxylic acids is 1. The van der Waals surface area contributed by atoms with Gasteiger partial charge in [-0.1, -0.05) is 0 Å². The van der Waals surface area contributed by atoms with Gasteiger partial charge in [-0.2, -0.15) is 0 Å². The molecular formula is C12H20N4O. The Labute approximate surface area is 102 Å². The Morgan fingerprint density at radius 1 is 1.59 bits per heavy atom. The topological polar surface area (TPSA) is 59.0 Å². The molecular weight excluding hydrogens is 216 g/mol. The van der Waals surface area contributed by atoms with Gasteiger partial charge in [-0.25, -0.2) is 4.98 Å². The summed E-state index contributed by atoms with van der Waals surface area (Å²) in [5.41, 5.74) is 0.835. The van der Waals surface area contributed by atoms with E-state index in [2.05, 4.69) is 29.5 Å². The molecule has 0 bridgehead atoms. The summed E-state index contributed by atoms with van der Waals surface area (Å²) < 4.78 is 1.90. The highest BCUT2D eigenvalue weighted by atomic mass is 16.2. The van der Waals surface area contributed by atoms with Crippen LogP contribution in [0.25, 0.3) is 0 Å². The van der Waals surface area contributed by atoms with Gasteiger partial charge in [0.05, 0.1) is 23.8 Å². The second-order valence-corrected chi connectivity index (χ2v) is 5.12. The number of hydrogen-bond acceptors (Lipinski definition) is 3. The van der Waals surface area contributed by atoms with E-state index in [1.54, 1.807) is 12.5 Å². The van der Waals surface area contributed by atoms with Crippen LogP contribution in [0.3, 0.4) is 0 Å². The van der Waals surface area contributed by atoms with Gasteiger partial charge in [0.25, 0.3) is 0 Å². The highest BCUT2D eigenvalue weighted by molar-refractivity contribution is 5.76. The molecule has 0 radical (unpaired) electrons. The highest BCUT2D eigenvalue weighted by Crippen LogP contribution is 2.20. The molecule has 1 aromatic heterocycles. The third kappa shape index (κ3) is 2.85. The van der Waals surface area contributed by atoms with Crippen molar-refractivity contribution in [2.24, 2.45) is 0 Å². The van der Waals surface area contributed by atoms with Crippen molar-refractivity contribution in [3.63, 3.8) is 0 Å². The number of hydrogen-bond donors (Lipinski definition) is 2. The van der Waals surface area contributed by atoms with E-state index < -0.39 is 0 Å². The molecule has 1 aromatic rings. The first-order valence-corrected chi connectivity index (χ1v) is 6.02. The van der Waals surface area contributed by atoms with Gasteiger partial charge < -0.3 is 15.2 Å². The zero-order valence-corrected chi connectivity index (χ0v) is 10.7. The monoisotopic (exact) mass is 236 g/mol. The van der Waals surface area contributed by atoms with Gasteiger partial charge in [0.15, 0.2) is 0 Å². The lowest BCUT2D eigenvalue weighted by molar-refractivity contribution is -0.121. The number of aromatic nitrogens is 2. The van der Waals surface area contributed by atoms with E-state index in [-0.39, 0.29) is 11.4 Å². The fourth-order valence-electron chi connectivity index (χ4n) is 1.75. The third-order valence-corrected chi connectivity index (χ3v) is 3.23. The first-order chi connectivity index (χ1) is 8.03. The van der Waals surface area contributed by atoms with E-state index in [4.69, 9.17) is 0 Å². The van der Waals surface area contributed by atoms with Crippen molar-refractivity contribution in [1.82, 2.24) is 20.2 Å². The Hall–Kier alpha value is -1.36. The number of rotatable bonds is 5. The highest BCUT2D eigenvalue weighted by Gasteiger charge is 2.25. The predicted molar refractivity (Wildman–Crippen MR) is 65.5 cm³/mol. The molecule has 2 N–H and O–H groups in total. The van der Waals surface area contributed by atoms with Crippen molar-refractivity contribution < 1.29 is 4.79 Å². The van der Waals surface area contributed by atoms with Crippen molar-refractivity contribution in [3.8, 4) is 0 Å². The van der Waals surface area contributed by atoms with Crippen LogP contribution in [-0.4, -0.2) is 28.5 Å². The number of carbonyl (C=O) groups is 1. The van der Waals surface area contributed by atoms with E-state index in [0.717, 1.165) is 18.5 Å². The molecule has 0 aliphatic heterocycles. The van der Waals surface area contributed by atoms with Gasteiger partial charge >= 0.3 is 0 Å². The average Bonchev–Trinajstić information content (AvgIpc) is 2.94. The molecule has 1 aliphatic rings.